The smallest absolute Gasteiger partial charge is 0.0178 e. The Labute approximate surface area is 74.6 Å². The molecule has 0 atom stereocenters. The van der Waals surface area contributed by atoms with Gasteiger partial charge in [-0.25, -0.2) is 0 Å². The Kier molecular flexibility index (Phi) is 2.88. The van der Waals surface area contributed by atoms with E-state index in [0.29, 0.717) is 12.5 Å². The lowest BCUT2D eigenvalue weighted by atomic mass is 9.96. The molecule has 2 N–H and O–H groups in total. The zero-order valence-electron chi connectivity index (χ0n) is 8.09. The van der Waals surface area contributed by atoms with Gasteiger partial charge in [-0.05, 0) is 29.5 Å². The van der Waals surface area contributed by atoms with Gasteiger partial charge in [-0.1, -0.05) is 32.0 Å². The lowest BCUT2D eigenvalue weighted by Crippen LogP contribution is -1.99. The first-order chi connectivity index (χ1) is 5.65. The van der Waals surface area contributed by atoms with Crippen molar-refractivity contribution in [2.75, 3.05) is 0 Å². The molecule has 0 spiro atoms. The average molecular weight is 163 g/mol. The van der Waals surface area contributed by atoms with Gasteiger partial charge in [-0.2, -0.15) is 0 Å². The van der Waals surface area contributed by atoms with E-state index in [9.17, 15) is 0 Å². The summed E-state index contributed by atoms with van der Waals surface area (Å²) in [7, 11) is 0. The number of rotatable bonds is 2. The fourth-order valence-electron chi connectivity index (χ4n) is 1.44. The van der Waals surface area contributed by atoms with E-state index < -0.39 is 0 Å². The van der Waals surface area contributed by atoms with Crippen molar-refractivity contribution in [3.8, 4) is 0 Å². The number of hydrogen-bond acceptors (Lipinski definition) is 1. The molecule has 0 aliphatic carbocycles. The van der Waals surface area contributed by atoms with Crippen LogP contribution in [0.4, 0.5) is 0 Å². The average Bonchev–Trinajstić information content (AvgIpc) is 2.05. The number of aryl methyl sites for hydroxylation is 1. The van der Waals surface area contributed by atoms with Crippen LogP contribution in [0.25, 0.3) is 0 Å². The van der Waals surface area contributed by atoms with E-state index in [1.807, 2.05) is 0 Å². The molecule has 0 saturated carbocycles. The van der Waals surface area contributed by atoms with Gasteiger partial charge in [-0.3, -0.25) is 0 Å². The van der Waals surface area contributed by atoms with Crippen LogP contribution in [0.15, 0.2) is 18.2 Å². The maximum atomic E-state index is 5.57. The van der Waals surface area contributed by atoms with Crippen molar-refractivity contribution < 1.29 is 0 Å². The fraction of sp³-hybridized carbons (Fsp3) is 0.455. The number of benzene rings is 1. The van der Waals surface area contributed by atoms with E-state index in [2.05, 4.69) is 39.0 Å². The van der Waals surface area contributed by atoms with Gasteiger partial charge in [0.2, 0.25) is 0 Å². The van der Waals surface area contributed by atoms with Crippen LogP contribution in [-0.2, 0) is 6.54 Å². The van der Waals surface area contributed by atoms with Gasteiger partial charge in [0.25, 0.3) is 0 Å². The Hall–Kier alpha value is -0.820. The Bertz CT molecular complexity index is 264. The van der Waals surface area contributed by atoms with Crippen molar-refractivity contribution in [1.29, 1.82) is 0 Å². The summed E-state index contributed by atoms with van der Waals surface area (Å²) in [5.41, 5.74) is 9.57. The van der Waals surface area contributed by atoms with Gasteiger partial charge in [0, 0.05) is 6.54 Å². The third kappa shape index (κ3) is 1.86. The van der Waals surface area contributed by atoms with E-state index in [0.717, 1.165) is 0 Å². The molecule has 0 saturated heterocycles. The fourth-order valence-corrected chi connectivity index (χ4v) is 1.44. The van der Waals surface area contributed by atoms with Crippen molar-refractivity contribution in [2.45, 2.75) is 33.2 Å². The topological polar surface area (TPSA) is 26.0 Å². The van der Waals surface area contributed by atoms with E-state index in [1.165, 1.54) is 16.7 Å². The molecule has 0 aliphatic rings. The molecule has 0 aromatic heterocycles. The van der Waals surface area contributed by atoms with Gasteiger partial charge in [0.05, 0.1) is 0 Å². The molecule has 1 rings (SSSR count). The van der Waals surface area contributed by atoms with Gasteiger partial charge in [0.15, 0.2) is 0 Å². The number of hydrogen-bond donors (Lipinski definition) is 1. The highest BCUT2D eigenvalue weighted by Gasteiger charge is 2.03. The van der Waals surface area contributed by atoms with Crippen molar-refractivity contribution in [3.05, 3.63) is 34.9 Å². The molecule has 0 heterocycles. The quantitative estimate of drug-likeness (QED) is 0.712. The Morgan fingerprint density at radius 1 is 1.33 bits per heavy atom. The van der Waals surface area contributed by atoms with Crippen molar-refractivity contribution in [1.82, 2.24) is 0 Å². The third-order valence-corrected chi connectivity index (χ3v) is 2.20. The Morgan fingerprint density at radius 2 is 2.00 bits per heavy atom. The zero-order chi connectivity index (χ0) is 9.14. The minimum absolute atomic E-state index is 0.594. The lowest BCUT2D eigenvalue weighted by molar-refractivity contribution is 0.851. The van der Waals surface area contributed by atoms with E-state index in [1.54, 1.807) is 0 Å². The summed E-state index contributed by atoms with van der Waals surface area (Å²) in [6.45, 7) is 7.21. The van der Waals surface area contributed by atoms with Crippen LogP contribution in [0, 0.1) is 6.92 Å². The first kappa shape index (κ1) is 9.27. The molecule has 0 aliphatic heterocycles. The second-order valence-corrected chi connectivity index (χ2v) is 3.55. The van der Waals surface area contributed by atoms with Crippen molar-refractivity contribution >= 4 is 0 Å². The van der Waals surface area contributed by atoms with Crippen LogP contribution in [-0.4, -0.2) is 0 Å². The van der Waals surface area contributed by atoms with E-state index in [4.69, 9.17) is 5.73 Å². The first-order valence-electron chi connectivity index (χ1n) is 4.44. The summed E-state index contributed by atoms with van der Waals surface area (Å²) in [5, 5.41) is 0. The maximum Gasteiger partial charge on any atom is 0.0178 e. The SMILES string of the molecule is Cc1ccc(CN)cc1C(C)C. The lowest BCUT2D eigenvalue weighted by Gasteiger charge is -2.10. The molecule has 0 unspecified atom stereocenters. The second kappa shape index (κ2) is 3.72. The van der Waals surface area contributed by atoms with Crippen LogP contribution in [0.2, 0.25) is 0 Å². The van der Waals surface area contributed by atoms with Crippen LogP contribution < -0.4 is 5.73 Å². The molecule has 0 radical (unpaired) electrons. The molecule has 1 nitrogen and oxygen atoms in total. The normalized spacial score (nSPS) is 10.8. The standard InChI is InChI=1S/C11H17N/c1-8(2)11-6-10(7-12)5-4-9(11)3/h4-6,8H,7,12H2,1-3H3. The minimum Gasteiger partial charge on any atom is -0.326 e. The molecule has 12 heavy (non-hydrogen) atoms. The molecular weight excluding hydrogens is 146 g/mol. The maximum absolute atomic E-state index is 5.57. The Morgan fingerprint density at radius 3 is 2.50 bits per heavy atom. The summed E-state index contributed by atoms with van der Waals surface area (Å²) < 4.78 is 0. The molecule has 0 fully saturated rings. The second-order valence-electron chi connectivity index (χ2n) is 3.55. The first-order valence-corrected chi connectivity index (χ1v) is 4.44. The molecule has 0 bridgehead atoms. The monoisotopic (exact) mass is 163 g/mol. The third-order valence-electron chi connectivity index (χ3n) is 2.20. The summed E-state index contributed by atoms with van der Waals surface area (Å²) >= 11 is 0. The molecule has 1 aromatic rings. The van der Waals surface area contributed by atoms with Crippen LogP contribution in [0.3, 0.4) is 0 Å². The van der Waals surface area contributed by atoms with Gasteiger partial charge < -0.3 is 5.73 Å². The van der Waals surface area contributed by atoms with Crippen molar-refractivity contribution in [2.24, 2.45) is 5.73 Å². The molecule has 1 aromatic carbocycles. The molecule has 1 heteroatoms. The predicted molar refractivity (Wildman–Crippen MR) is 53.2 cm³/mol. The van der Waals surface area contributed by atoms with Gasteiger partial charge >= 0.3 is 0 Å². The summed E-state index contributed by atoms with van der Waals surface area (Å²) in [6.07, 6.45) is 0. The number of nitrogens with two attached hydrogens (primary N) is 1. The highest BCUT2D eigenvalue weighted by Crippen LogP contribution is 2.19. The molecule has 66 valence electrons. The van der Waals surface area contributed by atoms with Gasteiger partial charge in [-0.15, -0.1) is 0 Å². The molecule has 0 amide bonds. The van der Waals surface area contributed by atoms with Gasteiger partial charge in [0.1, 0.15) is 0 Å². The van der Waals surface area contributed by atoms with Crippen molar-refractivity contribution in [3.63, 3.8) is 0 Å². The molecular formula is C11H17N. The van der Waals surface area contributed by atoms with Crippen LogP contribution in [0.5, 0.6) is 0 Å². The van der Waals surface area contributed by atoms with Crippen LogP contribution in [0.1, 0.15) is 36.5 Å². The minimum atomic E-state index is 0.594. The Balaban J connectivity index is 3.08. The predicted octanol–water partition coefficient (Wildman–Crippen LogP) is 2.58. The zero-order valence-corrected chi connectivity index (χ0v) is 8.09. The van der Waals surface area contributed by atoms with E-state index in [-0.39, 0.29) is 0 Å². The summed E-state index contributed by atoms with van der Waals surface area (Å²) in [4.78, 5) is 0. The highest BCUT2D eigenvalue weighted by molar-refractivity contribution is 5.33. The van der Waals surface area contributed by atoms with E-state index >= 15 is 0 Å². The summed E-state index contributed by atoms with van der Waals surface area (Å²) in [5.74, 6) is 0.594. The summed E-state index contributed by atoms with van der Waals surface area (Å²) in [6, 6.07) is 6.46. The highest BCUT2D eigenvalue weighted by atomic mass is 14.5. The largest absolute Gasteiger partial charge is 0.326 e. The van der Waals surface area contributed by atoms with Crippen LogP contribution >= 0.6 is 0 Å².